The second kappa shape index (κ2) is 8.71. The third-order valence-electron chi connectivity index (χ3n) is 5.43. The average molecular weight is 427 g/mol. The molecule has 0 aromatic heterocycles. The highest BCUT2D eigenvalue weighted by Crippen LogP contribution is 2.35. The molecule has 1 heterocycles. The number of amides is 2. The minimum atomic E-state index is -0.379. The van der Waals surface area contributed by atoms with Crippen LogP contribution in [0.15, 0.2) is 72.4 Å². The van der Waals surface area contributed by atoms with Gasteiger partial charge >= 0.3 is 0 Å². The highest BCUT2D eigenvalue weighted by atomic mass is 16.5. The number of carbonyl (C=O) groups is 2. The first-order valence-electron chi connectivity index (χ1n) is 10.7. The molecule has 0 fully saturated rings. The van der Waals surface area contributed by atoms with E-state index in [1.54, 1.807) is 24.3 Å². The first kappa shape index (κ1) is 21.4. The summed E-state index contributed by atoms with van der Waals surface area (Å²) < 4.78 is 5.49. The van der Waals surface area contributed by atoms with Crippen molar-refractivity contribution in [3.05, 3.63) is 94.7 Å². The molecule has 0 spiro atoms. The lowest BCUT2D eigenvalue weighted by Crippen LogP contribution is -2.32. The van der Waals surface area contributed by atoms with Gasteiger partial charge in [-0.2, -0.15) is 0 Å². The van der Waals surface area contributed by atoms with E-state index < -0.39 is 0 Å². The second-order valence-corrected chi connectivity index (χ2v) is 7.94. The average Bonchev–Trinajstić information content (AvgIpc) is 2.99. The summed E-state index contributed by atoms with van der Waals surface area (Å²) in [6, 6.07) is 20.6. The Balaban J connectivity index is 1.80. The maximum absolute atomic E-state index is 13.6. The molecule has 1 N–H and O–H groups in total. The number of imide groups is 1. The van der Waals surface area contributed by atoms with Crippen molar-refractivity contribution in [2.75, 3.05) is 16.8 Å². The van der Waals surface area contributed by atoms with Gasteiger partial charge in [0.1, 0.15) is 11.4 Å². The largest absolute Gasteiger partial charge is 0.494 e. The summed E-state index contributed by atoms with van der Waals surface area (Å²) in [4.78, 5) is 28.4. The molecule has 4 rings (SSSR count). The molecule has 0 radical (unpaired) electrons. The SMILES string of the molecule is CCOc1ccc(N2C(=O)C(Nc3cccc(C)c3)=C(c3ccc(C)cc3C)C2=O)cc1. The minimum Gasteiger partial charge on any atom is -0.494 e. The highest BCUT2D eigenvalue weighted by molar-refractivity contribution is 6.46. The lowest BCUT2D eigenvalue weighted by molar-refractivity contribution is -0.120. The van der Waals surface area contributed by atoms with E-state index in [-0.39, 0.29) is 17.5 Å². The van der Waals surface area contributed by atoms with Gasteiger partial charge < -0.3 is 10.1 Å². The number of anilines is 2. The van der Waals surface area contributed by atoms with Crippen LogP contribution in [0, 0.1) is 20.8 Å². The number of hydrogen-bond donors (Lipinski definition) is 1. The minimum absolute atomic E-state index is 0.279. The maximum Gasteiger partial charge on any atom is 0.282 e. The lowest BCUT2D eigenvalue weighted by atomic mass is 9.97. The second-order valence-electron chi connectivity index (χ2n) is 7.94. The standard InChI is InChI=1S/C27H26N2O3/c1-5-32-22-12-10-21(11-13-22)29-26(30)24(23-14-9-18(3)15-19(23)4)25(27(29)31)28-20-8-6-7-17(2)16-20/h6-16,28H,5H2,1-4H3. The van der Waals surface area contributed by atoms with Crippen LogP contribution < -0.4 is 15.0 Å². The zero-order valence-corrected chi connectivity index (χ0v) is 18.7. The van der Waals surface area contributed by atoms with Gasteiger partial charge in [0.05, 0.1) is 17.9 Å². The molecule has 0 saturated carbocycles. The van der Waals surface area contributed by atoms with Crippen LogP contribution in [-0.2, 0) is 9.59 Å². The summed E-state index contributed by atoms with van der Waals surface area (Å²) in [5.74, 6) is -0.0343. The van der Waals surface area contributed by atoms with Crippen molar-refractivity contribution in [3.63, 3.8) is 0 Å². The first-order chi connectivity index (χ1) is 15.4. The molecule has 2 amide bonds. The molecule has 3 aromatic rings. The van der Waals surface area contributed by atoms with Crippen molar-refractivity contribution < 1.29 is 14.3 Å². The van der Waals surface area contributed by atoms with Crippen LogP contribution in [0.2, 0.25) is 0 Å². The van der Waals surface area contributed by atoms with Gasteiger partial charge in [-0.3, -0.25) is 9.59 Å². The van der Waals surface area contributed by atoms with Crippen molar-refractivity contribution in [1.29, 1.82) is 0 Å². The number of hydrogen-bond acceptors (Lipinski definition) is 4. The summed E-state index contributed by atoms with van der Waals surface area (Å²) in [7, 11) is 0. The molecule has 0 unspecified atom stereocenters. The number of nitrogens with zero attached hydrogens (tertiary/aromatic N) is 1. The summed E-state index contributed by atoms with van der Waals surface area (Å²) in [6.07, 6.45) is 0. The molecular weight excluding hydrogens is 400 g/mol. The van der Waals surface area contributed by atoms with Crippen molar-refractivity contribution >= 4 is 28.8 Å². The summed E-state index contributed by atoms with van der Waals surface area (Å²) in [5, 5.41) is 3.23. The Kier molecular flexibility index (Phi) is 5.82. The quantitative estimate of drug-likeness (QED) is 0.536. The molecule has 0 saturated heterocycles. The Morgan fingerprint density at radius 2 is 1.56 bits per heavy atom. The molecule has 5 nitrogen and oxygen atoms in total. The van der Waals surface area contributed by atoms with E-state index in [2.05, 4.69) is 5.32 Å². The maximum atomic E-state index is 13.6. The molecule has 0 aliphatic carbocycles. The number of aryl methyl sites for hydroxylation is 3. The Morgan fingerprint density at radius 3 is 2.22 bits per heavy atom. The molecular formula is C27H26N2O3. The number of rotatable bonds is 6. The molecule has 1 aliphatic rings. The topological polar surface area (TPSA) is 58.6 Å². The fraction of sp³-hybridized carbons (Fsp3) is 0.185. The van der Waals surface area contributed by atoms with Gasteiger partial charge in [-0.15, -0.1) is 0 Å². The van der Waals surface area contributed by atoms with E-state index in [1.807, 2.05) is 70.2 Å². The normalized spacial score (nSPS) is 13.7. The van der Waals surface area contributed by atoms with E-state index in [1.165, 1.54) is 4.90 Å². The number of ether oxygens (including phenoxy) is 1. The molecule has 5 heteroatoms. The molecule has 162 valence electrons. The fourth-order valence-electron chi connectivity index (χ4n) is 3.95. The number of benzene rings is 3. The zero-order chi connectivity index (χ0) is 22.8. The van der Waals surface area contributed by atoms with Gasteiger partial charge in [0.25, 0.3) is 11.8 Å². The third kappa shape index (κ3) is 4.02. The summed E-state index contributed by atoms with van der Waals surface area (Å²) in [5.41, 5.74) is 5.77. The fourth-order valence-corrected chi connectivity index (χ4v) is 3.95. The molecule has 3 aromatic carbocycles. The Labute approximate surface area is 188 Å². The van der Waals surface area contributed by atoms with E-state index in [9.17, 15) is 9.59 Å². The van der Waals surface area contributed by atoms with Crippen LogP contribution in [-0.4, -0.2) is 18.4 Å². The van der Waals surface area contributed by atoms with E-state index in [4.69, 9.17) is 4.74 Å². The summed E-state index contributed by atoms with van der Waals surface area (Å²) >= 11 is 0. The highest BCUT2D eigenvalue weighted by Gasteiger charge is 2.40. The molecule has 32 heavy (non-hydrogen) atoms. The summed E-state index contributed by atoms with van der Waals surface area (Å²) in [6.45, 7) is 8.40. The Morgan fingerprint density at radius 1 is 0.844 bits per heavy atom. The van der Waals surface area contributed by atoms with Crippen molar-refractivity contribution in [2.24, 2.45) is 0 Å². The predicted molar refractivity (Wildman–Crippen MR) is 128 cm³/mol. The van der Waals surface area contributed by atoms with Crippen molar-refractivity contribution in [3.8, 4) is 5.75 Å². The van der Waals surface area contributed by atoms with Gasteiger partial charge in [-0.1, -0.05) is 35.9 Å². The smallest absolute Gasteiger partial charge is 0.282 e. The lowest BCUT2D eigenvalue weighted by Gasteiger charge is -2.16. The number of carbonyl (C=O) groups excluding carboxylic acids is 2. The number of nitrogens with one attached hydrogen (secondary N) is 1. The van der Waals surface area contributed by atoms with Crippen LogP contribution in [0.5, 0.6) is 5.75 Å². The van der Waals surface area contributed by atoms with Crippen LogP contribution in [0.25, 0.3) is 5.57 Å². The first-order valence-corrected chi connectivity index (χ1v) is 10.7. The van der Waals surface area contributed by atoms with Gasteiger partial charge in [-0.05, 0) is 80.8 Å². The molecule has 1 aliphatic heterocycles. The third-order valence-corrected chi connectivity index (χ3v) is 5.43. The van der Waals surface area contributed by atoms with Gasteiger partial charge in [0.2, 0.25) is 0 Å². The van der Waals surface area contributed by atoms with Gasteiger partial charge in [0, 0.05) is 5.69 Å². The van der Waals surface area contributed by atoms with Crippen molar-refractivity contribution in [1.82, 2.24) is 0 Å². The van der Waals surface area contributed by atoms with Crippen LogP contribution in [0.4, 0.5) is 11.4 Å². The van der Waals surface area contributed by atoms with E-state index in [0.29, 0.717) is 23.6 Å². The van der Waals surface area contributed by atoms with Crippen LogP contribution in [0.3, 0.4) is 0 Å². The Bertz CT molecular complexity index is 1230. The van der Waals surface area contributed by atoms with Gasteiger partial charge in [0.15, 0.2) is 0 Å². The molecule has 0 bridgehead atoms. The van der Waals surface area contributed by atoms with Gasteiger partial charge in [-0.25, -0.2) is 4.90 Å². The Hall–Kier alpha value is -3.86. The molecule has 0 atom stereocenters. The van der Waals surface area contributed by atoms with Crippen LogP contribution >= 0.6 is 0 Å². The van der Waals surface area contributed by atoms with Crippen molar-refractivity contribution in [2.45, 2.75) is 27.7 Å². The monoisotopic (exact) mass is 426 g/mol. The van der Waals surface area contributed by atoms with Crippen LogP contribution in [0.1, 0.15) is 29.2 Å². The predicted octanol–water partition coefficient (Wildman–Crippen LogP) is 5.41. The van der Waals surface area contributed by atoms with E-state index in [0.717, 1.165) is 27.9 Å². The van der Waals surface area contributed by atoms with E-state index >= 15 is 0 Å². The zero-order valence-electron chi connectivity index (χ0n) is 18.7.